The molecule has 1 atom stereocenters. The third kappa shape index (κ3) is 6.92. The molecule has 0 saturated carbocycles. The van der Waals surface area contributed by atoms with Gasteiger partial charge in [-0.15, -0.1) is 0 Å². The maximum Gasteiger partial charge on any atom is 0.416 e. The fourth-order valence-corrected chi connectivity index (χ4v) is 6.90. The van der Waals surface area contributed by atoms with E-state index in [1.807, 2.05) is 4.90 Å². The summed E-state index contributed by atoms with van der Waals surface area (Å²) in [6.45, 7) is 2.24. The number of rotatable bonds is 5. The van der Waals surface area contributed by atoms with E-state index < -0.39 is 62.6 Å². The number of hydrogen-bond acceptors (Lipinski definition) is 6. The molecule has 242 valence electrons. The number of anilines is 2. The maximum absolute atomic E-state index is 14.4. The van der Waals surface area contributed by atoms with E-state index in [0.29, 0.717) is 11.8 Å². The molecule has 0 spiro atoms. The van der Waals surface area contributed by atoms with Crippen molar-refractivity contribution in [2.24, 2.45) is 0 Å². The third-order valence-corrected chi connectivity index (χ3v) is 9.02. The fourth-order valence-electron chi connectivity index (χ4n) is 5.34. The van der Waals surface area contributed by atoms with Crippen LogP contribution in [0, 0.1) is 5.82 Å². The van der Waals surface area contributed by atoms with Gasteiger partial charge in [-0.05, 0) is 74.4 Å². The lowest BCUT2D eigenvalue weighted by atomic mass is 10.00. The number of fused-ring (bicyclic) bond motifs is 3. The Kier molecular flexibility index (Phi) is 8.36. The summed E-state index contributed by atoms with van der Waals surface area (Å²) < 4.78 is 120. The summed E-state index contributed by atoms with van der Waals surface area (Å²) in [5, 5.41) is 0. The number of carbonyl (C=O) groups excluding carboxylic acids is 1. The van der Waals surface area contributed by atoms with Gasteiger partial charge in [-0.2, -0.15) is 22.0 Å². The third-order valence-electron chi connectivity index (χ3n) is 7.24. The topological polar surface area (TPSA) is 79.4 Å². The van der Waals surface area contributed by atoms with Crippen molar-refractivity contribution in [3.63, 3.8) is 0 Å². The average Bonchev–Trinajstić information content (AvgIpc) is 2.94. The Bertz CT molecular complexity index is 1710. The lowest BCUT2D eigenvalue weighted by Crippen LogP contribution is -2.61. The highest BCUT2D eigenvalue weighted by atomic mass is 32.2. The summed E-state index contributed by atoms with van der Waals surface area (Å²) in [6, 6.07) is 10.2. The normalized spacial score (nSPS) is 17.2. The number of hydrogen-bond donors (Lipinski definition) is 0. The first-order valence-electron chi connectivity index (χ1n) is 13.8. The van der Waals surface area contributed by atoms with Crippen LogP contribution in [-0.2, 0) is 20.9 Å². The van der Waals surface area contributed by atoms with Crippen molar-refractivity contribution in [2.45, 2.75) is 50.1 Å². The zero-order valence-electron chi connectivity index (χ0n) is 24.3. The molecule has 0 radical (unpaired) electrons. The van der Waals surface area contributed by atoms with Gasteiger partial charge < -0.3 is 19.3 Å². The highest BCUT2D eigenvalue weighted by Gasteiger charge is 2.42. The number of alkyl halides is 5. The van der Waals surface area contributed by atoms with Gasteiger partial charge in [-0.1, -0.05) is 12.1 Å². The predicted molar refractivity (Wildman–Crippen MR) is 153 cm³/mol. The van der Waals surface area contributed by atoms with Crippen molar-refractivity contribution < 1.29 is 49.0 Å². The Balaban J connectivity index is 1.60. The van der Waals surface area contributed by atoms with Crippen LogP contribution >= 0.6 is 0 Å². The Morgan fingerprint density at radius 2 is 1.64 bits per heavy atom. The average molecular weight is 658 g/mol. The summed E-state index contributed by atoms with van der Waals surface area (Å²) in [5.41, 5.74) is -1.12. The van der Waals surface area contributed by atoms with Crippen LogP contribution in [0.25, 0.3) is 11.1 Å². The molecule has 3 aromatic carbocycles. The number of nitrogens with zero attached hydrogens (tertiary/aromatic N) is 3. The summed E-state index contributed by atoms with van der Waals surface area (Å²) >= 11 is 0. The van der Waals surface area contributed by atoms with Crippen LogP contribution in [0.4, 0.5) is 42.5 Å². The predicted octanol–water partition coefficient (Wildman–Crippen LogP) is 6.75. The number of sulfonamides is 1. The molecule has 1 saturated heterocycles. The largest absolute Gasteiger partial charge is 0.444 e. The SMILES string of the molecule is CC(C)(C)OC(=O)N1CCN2c3ccc(-c4cc(F)cc(OC(F)F)c4)cc3N(S(=O)(=O)c3cccc(C(F)(F)F)c3)C[C@H]2C1. The van der Waals surface area contributed by atoms with Crippen LogP contribution in [0.1, 0.15) is 26.3 Å². The molecule has 0 bridgehead atoms. The van der Waals surface area contributed by atoms with E-state index in [2.05, 4.69) is 4.74 Å². The second-order valence-corrected chi connectivity index (χ2v) is 13.5. The minimum absolute atomic E-state index is 0.0585. The molecule has 1 amide bonds. The molecule has 2 aliphatic rings. The second kappa shape index (κ2) is 11.7. The minimum Gasteiger partial charge on any atom is -0.444 e. The van der Waals surface area contributed by atoms with Crippen molar-refractivity contribution in [3.05, 3.63) is 72.0 Å². The van der Waals surface area contributed by atoms with Crippen LogP contribution in [0.2, 0.25) is 0 Å². The van der Waals surface area contributed by atoms with Gasteiger partial charge in [0.05, 0.1) is 34.4 Å². The molecule has 0 N–H and O–H groups in total. The Morgan fingerprint density at radius 3 is 2.31 bits per heavy atom. The first-order chi connectivity index (χ1) is 20.9. The Hall–Kier alpha value is -4.14. The zero-order valence-corrected chi connectivity index (χ0v) is 25.1. The van der Waals surface area contributed by atoms with E-state index in [1.54, 1.807) is 26.8 Å². The number of halogens is 6. The summed E-state index contributed by atoms with van der Waals surface area (Å²) in [6.07, 6.45) is -5.40. The van der Waals surface area contributed by atoms with Crippen molar-refractivity contribution >= 4 is 27.5 Å². The van der Waals surface area contributed by atoms with Crippen LogP contribution in [0.15, 0.2) is 65.6 Å². The molecular formula is C30H29F6N3O5S. The van der Waals surface area contributed by atoms with E-state index in [0.717, 1.165) is 40.7 Å². The zero-order chi connectivity index (χ0) is 32.9. The lowest BCUT2D eigenvalue weighted by molar-refractivity contribution is -0.137. The van der Waals surface area contributed by atoms with E-state index in [1.165, 1.54) is 17.0 Å². The highest BCUT2D eigenvalue weighted by Crippen LogP contribution is 2.43. The van der Waals surface area contributed by atoms with Gasteiger partial charge >= 0.3 is 18.9 Å². The molecule has 2 aliphatic heterocycles. The first kappa shape index (κ1) is 32.3. The van der Waals surface area contributed by atoms with Crippen LogP contribution in [0.5, 0.6) is 5.75 Å². The summed E-state index contributed by atoms with van der Waals surface area (Å²) in [7, 11) is -4.63. The molecule has 8 nitrogen and oxygen atoms in total. The molecule has 0 unspecified atom stereocenters. The quantitative estimate of drug-likeness (QED) is 0.283. The standard InChI is InChI=1S/C30H29F6N3O5S/c1-29(2,3)44-28(40)37-9-10-38-22(16-37)17-39(45(41,42)24-6-4-5-20(14-24)30(34,35)36)26-13-18(7-8-25(26)38)19-11-21(31)15-23(12-19)43-27(32)33/h4-8,11-15,22,27H,9-10,16-17H2,1-3H3/t22-/m1/s1. The van der Waals surface area contributed by atoms with E-state index in [9.17, 15) is 39.6 Å². The number of carbonyl (C=O) groups is 1. The minimum atomic E-state index is -4.80. The van der Waals surface area contributed by atoms with Gasteiger partial charge in [0, 0.05) is 25.7 Å². The summed E-state index contributed by atoms with van der Waals surface area (Å²) in [4.78, 5) is 15.6. The molecule has 1 fully saturated rings. The Morgan fingerprint density at radius 1 is 0.911 bits per heavy atom. The summed E-state index contributed by atoms with van der Waals surface area (Å²) in [5.74, 6) is -1.34. The van der Waals surface area contributed by atoms with Gasteiger partial charge in [0.2, 0.25) is 0 Å². The maximum atomic E-state index is 14.4. The van der Waals surface area contributed by atoms with E-state index >= 15 is 0 Å². The van der Waals surface area contributed by atoms with E-state index in [4.69, 9.17) is 4.74 Å². The van der Waals surface area contributed by atoms with Crippen LogP contribution in [0.3, 0.4) is 0 Å². The molecule has 3 aromatic rings. The molecule has 2 heterocycles. The number of ether oxygens (including phenoxy) is 2. The van der Waals surface area contributed by atoms with Gasteiger partial charge in [0.1, 0.15) is 17.2 Å². The molecule has 15 heteroatoms. The van der Waals surface area contributed by atoms with Gasteiger partial charge in [0.15, 0.2) is 0 Å². The number of benzene rings is 3. The molecule has 5 rings (SSSR count). The molecule has 0 aliphatic carbocycles. The second-order valence-electron chi connectivity index (χ2n) is 11.6. The van der Waals surface area contributed by atoms with Crippen molar-refractivity contribution in [1.29, 1.82) is 0 Å². The van der Waals surface area contributed by atoms with Gasteiger partial charge in [-0.3, -0.25) is 4.31 Å². The molecule has 0 aromatic heterocycles. The smallest absolute Gasteiger partial charge is 0.416 e. The fraction of sp³-hybridized carbons (Fsp3) is 0.367. The van der Waals surface area contributed by atoms with Crippen molar-refractivity contribution in [3.8, 4) is 16.9 Å². The lowest BCUT2D eigenvalue weighted by Gasteiger charge is -2.49. The Labute approximate surface area is 255 Å². The monoisotopic (exact) mass is 657 g/mol. The molecular weight excluding hydrogens is 628 g/mol. The van der Waals surface area contributed by atoms with E-state index in [-0.39, 0.29) is 43.0 Å². The van der Waals surface area contributed by atoms with Gasteiger partial charge in [0.25, 0.3) is 10.0 Å². The number of piperazine rings is 1. The first-order valence-corrected chi connectivity index (χ1v) is 15.2. The molecule has 45 heavy (non-hydrogen) atoms. The van der Waals surface area contributed by atoms with Crippen molar-refractivity contribution in [2.75, 3.05) is 35.4 Å². The van der Waals surface area contributed by atoms with Crippen LogP contribution in [-0.4, -0.2) is 63.8 Å². The van der Waals surface area contributed by atoms with Crippen LogP contribution < -0.4 is 13.9 Å². The van der Waals surface area contributed by atoms with Crippen molar-refractivity contribution in [1.82, 2.24) is 4.90 Å². The highest BCUT2D eigenvalue weighted by molar-refractivity contribution is 7.92. The number of amides is 1. The van der Waals surface area contributed by atoms with Gasteiger partial charge in [-0.25, -0.2) is 17.6 Å².